The summed E-state index contributed by atoms with van der Waals surface area (Å²) in [6, 6.07) is 12.1. The second-order valence-corrected chi connectivity index (χ2v) is 7.75. The number of nitrogens with one attached hydrogen (secondary N) is 2. The zero-order valence-electron chi connectivity index (χ0n) is 17.9. The third-order valence-corrected chi connectivity index (χ3v) is 5.45. The van der Waals surface area contributed by atoms with Gasteiger partial charge in [0.2, 0.25) is 17.7 Å². The van der Waals surface area contributed by atoms with Gasteiger partial charge in [0.1, 0.15) is 17.7 Å². The Morgan fingerprint density at radius 3 is 2.06 bits per heavy atom. The van der Waals surface area contributed by atoms with E-state index in [-0.39, 0.29) is 25.3 Å². The maximum Gasteiger partial charge on any atom is 0.243 e. The molecule has 3 amide bonds. The molecule has 9 heteroatoms. The lowest BCUT2D eigenvalue weighted by atomic mass is 9.98. The molecule has 0 radical (unpaired) electrons. The van der Waals surface area contributed by atoms with E-state index in [1.165, 1.54) is 53.4 Å². The molecule has 0 unspecified atom stereocenters. The summed E-state index contributed by atoms with van der Waals surface area (Å²) >= 11 is 0. The third kappa shape index (κ3) is 6.59. The van der Waals surface area contributed by atoms with E-state index in [1.807, 2.05) is 0 Å². The molecule has 2 N–H and O–H groups in total. The van der Waals surface area contributed by atoms with Gasteiger partial charge < -0.3 is 15.5 Å². The molecular weight excluding hydrogens is 430 g/mol. The predicted molar refractivity (Wildman–Crippen MR) is 115 cm³/mol. The van der Waals surface area contributed by atoms with Gasteiger partial charge in [-0.2, -0.15) is 5.26 Å². The molecule has 2 aromatic carbocycles. The van der Waals surface area contributed by atoms with Gasteiger partial charge in [-0.25, -0.2) is 8.78 Å². The minimum absolute atomic E-state index is 0.135. The first-order chi connectivity index (χ1) is 15.9. The van der Waals surface area contributed by atoms with Crippen LogP contribution in [0.4, 0.5) is 8.78 Å². The van der Waals surface area contributed by atoms with E-state index < -0.39 is 35.5 Å². The summed E-state index contributed by atoms with van der Waals surface area (Å²) in [5.74, 6) is -2.08. The van der Waals surface area contributed by atoms with Gasteiger partial charge in [0.05, 0.1) is 18.7 Å². The molecule has 1 aliphatic heterocycles. The predicted octanol–water partition coefficient (Wildman–Crippen LogP) is 2.58. The lowest BCUT2D eigenvalue weighted by molar-refractivity contribution is -0.133. The number of carbonyl (C=O) groups is 3. The largest absolute Gasteiger partial charge is 0.347 e. The molecule has 0 spiro atoms. The molecule has 1 aliphatic rings. The van der Waals surface area contributed by atoms with Crippen molar-refractivity contribution in [3.8, 4) is 6.07 Å². The lowest BCUT2D eigenvalue weighted by Crippen LogP contribution is -2.42. The van der Waals surface area contributed by atoms with Crippen LogP contribution in [-0.4, -0.2) is 41.8 Å². The average Bonchev–Trinajstić information content (AvgIpc) is 3.30. The minimum Gasteiger partial charge on any atom is -0.347 e. The van der Waals surface area contributed by atoms with Gasteiger partial charge in [-0.3, -0.25) is 14.4 Å². The number of nitriles is 1. The van der Waals surface area contributed by atoms with Crippen molar-refractivity contribution >= 4 is 17.7 Å². The summed E-state index contributed by atoms with van der Waals surface area (Å²) in [6.45, 7) is 0.260. The minimum atomic E-state index is -0.651. The molecule has 1 fully saturated rings. The molecule has 33 heavy (non-hydrogen) atoms. The van der Waals surface area contributed by atoms with Crippen molar-refractivity contribution in [2.24, 2.45) is 0 Å². The Morgan fingerprint density at radius 2 is 1.52 bits per heavy atom. The molecule has 3 rings (SSSR count). The number of carbonyl (C=O) groups excluding carboxylic acids is 3. The van der Waals surface area contributed by atoms with Crippen LogP contribution in [0.15, 0.2) is 48.5 Å². The van der Waals surface area contributed by atoms with E-state index in [0.717, 1.165) is 6.42 Å². The zero-order chi connectivity index (χ0) is 23.8. The number of halogens is 2. The molecule has 2 aromatic rings. The van der Waals surface area contributed by atoms with Crippen LogP contribution >= 0.6 is 0 Å². The van der Waals surface area contributed by atoms with Gasteiger partial charge >= 0.3 is 0 Å². The summed E-state index contributed by atoms with van der Waals surface area (Å²) in [5, 5.41) is 14.3. The number of hydrogen-bond acceptors (Lipinski definition) is 4. The van der Waals surface area contributed by atoms with Crippen LogP contribution in [0.5, 0.6) is 0 Å². The average molecular weight is 454 g/mol. The second kappa shape index (κ2) is 11.2. The van der Waals surface area contributed by atoms with Crippen molar-refractivity contribution in [3.63, 3.8) is 0 Å². The first-order valence-corrected chi connectivity index (χ1v) is 10.6. The number of amides is 3. The molecule has 172 valence electrons. The molecule has 1 heterocycles. The summed E-state index contributed by atoms with van der Waals surface area (Å²) in [5.41, 5.74) is 1.20. The summed E-state index contributed by atoms with van der Waals surface area (Å²) < 4.78 is 26.6. The van der Waals surface area contributed by atoms with Crippen molar-refractivity contribution in [2.75, 3.05) is 13.1 Å². The van der Waals surface area contributed by atoms with E-state index in [1.54, 1.807) is 0 Å². The third-order valence-electron chi connectivity index (χ3n) is 5.45. The number of hydrogen-bond donors (Lipinski definition) is 2. The second-order valence-electron chi connectivity index (χ2n) is 7.75. The number of nitrogens with zero attached hydrogens (tertiary/aromatic N) is 2. The Hall–Kier alpha value is -3.80. The first kappa shape index (κ1) is 23.9. The maximum atomic E-state index is 13.3. The Bertz CT molecular complexity index is 990. The summed E-state index contributed by atoms with van der Waals surface area (Å²) in [4.78, 5) is 38.3. The van der Waals surface area contributed by atoms with Crippen LogP contribution in [0.1, 0.15) is 42.9 Å². The van der Waals surface area contributed by atoms with Crippen LogP contribution in [0.25, 0.3) is 0 Å². The van der Waals surface area contributed by atoms with Crippen LogP contribution in [0.2, 0.25) is 0 Å². The normalized spacial score (nSPS) is 15.2. The van der Waals surface area contributed by atoms with Crippen molar-refractivity contribution in [3.05, 3.63) is 71.3 Å². The standard InChI is InChI=1S/C24H24F2N4O3/c25-18-7-3-16(4-8-18)24(17-5-9-19(26)10-6-17)29-22(32)12-11-21(31)28-15-23(33)30-13-1-2-20(30)14-27/h3-10,20,24H,1-2,11-13,15H2,(H,28,31)(H,29,32)/t20-/m0/s1. The fraction of sp³-hybridized carbons (Fsp3) is 0.333. The van der Waals surface area contributed by atoms with Crippen LogP contribution < -0.4 is 10.6 Å². The molecule has 1 atom stereocenters. The van der Waals surface area contributed by atoms with Gasteiger partial charge in [-0.05, 0) is 48.2 Å². The lowest BCUT2D eigenvalue weighted by Gasteiger charge is -2.20. The van der Waals surface area contributed by atoms with Gasteiger partial charge in [0.25, 0.3) is 0 Å². The number of rotatable bonds is 8. The van der Waals surface area contributed by atoms with E-state index in [2.05, 4.69) is 16.7 Å². The van der Waals surface area contributed by atoms with E-state index in [4.69, 9.17) is 5.26 Å². The summed E-state index contributed by atoms with van der Waals surface area (Å²) in [6.07, 6.45) is 1.10. The fourth-order valence-corrected chi connectivity index (χ4v) is 3.69. The van der Waals surface area contributed by atoms with Gasteiger partial charge in [0, 0.05) is 19.4 Å². The molecule has 1 saturated heterocycles. The quantitative estimate of drug-likeness (QED) is 0.640. The highest BCUT2D eigenvalue weighted by molar-refractivity contribution is 5.87. The highest BCUT2D eigenvalue weighted by Crippen LogP contribution is 2.23. The number of likely N-dealkylation sites (tertiary alicyclic amines) is 1. The molecule has 0 aliphatic carbocycles. The monoisotopic (exact) mass is 454 g/mol. The highest BCUT2D eigenvalue weighted by atomic mass is 19.1. The number of benzene rings is 2. The SMILES string of the molecule is N#C[C@@H]1CCCN1C(=O)CNC(=O)CCC(=O)NC(c1ccc(F)cc1)c1ccc(F)cc1. The van der Waals surface area contributed by atoms with E-state index >= 15 is 0 Å². The van der Waals surface area contributed by atoms with Crippen LogP contribution in [0, 0.1) is 23.0 Å². The van der Waals surface area contributed by atoms with Crippen molar-refractivity contribution in [1.82, 2.24) is 15.5 Å². The smallest absolute Gasteiger partial charge is 0.243 e. The van der Waals surface area contributed by atoms with Gasteiger partial charge in [0.15, 0.2) is 0 Å². The zero-order valence-corrected chi connectivity index (χ0v) is 17.9. The Morgan fingerprint density at radius 1 is 0.970 bits per heavy atom. The molecule has 0 aromatic heterocycles. The van der Waals surface area contributed by atoms with Gasteiger partial charge in [-0.1, -0.05) is 24.3 Å². The van der Waals surface area contributed by atoms with Crippen LogP contribution in [-0.2, 0) is 14.4 Å². The van der Waals surface area contributed by atoms with Crippen molar-refractivity contribution in [2.45, 2.75) is 37.8 Å². The van der Waals surface area contributed by atoms with Crippen molar-refractivity contribution in [1.29, 1.82) is 5.26 Å². The Kier molecular flexibility index (Phi) is 8.08. The Balaban J connectivity index is 1.54. The maximum absolute atomic E-state index is 13.3. The van der Waals surface area contributed by atoms with E-state index in [9.17, 15) is 23.2 Å². The molecule has 7 nitrogen and oxygen atoms in total. The van der Waals surface area contributed by atoms with Crippen molar-refractivity contribution < 1.29 is 23.2 Å². The highest BCUT2D eigenvalue weighted by Gasteiger charge is 2.28. The van der Waals surface area contributed by atoms with Crippen LogP contribution in [0.3, 0.4) is 0 Å². The Labute approximate surface area is 190 Å². The van der Waals surface area contributed by atoms with E-state index in [0.29, 0.717) is 24.1 Å². The topological polar surface area (TPSA) is 102 Å². The molecule has 0 bridgehead atoms. The van der Waals surface area contributed by atoms with Gasteiger partial charge in [-0.15, -0.1) is 0 Å². The summed E-state index contributed by atoms with van der Waals surface area (Å²) in [7, 11) is 0. The fourth-order valence-electron chi connectivity index (χ4n) is 3.69. The molecular formula is C24H24F2N4O3. The molecule has 0 saturated carbocycles. The first-order valence-electron chi connectivity index (χ1n) is 10.6.